The van der Waals surface area contributed by atoms with Gasteiger partial charge in [0, 0.05) is 50.9 Å². The summed E-state index contributed by atoms with van der Waals surface area (Å²) in [5.41, 5.74) is 8.10. The first-order chi connectivity index (χ1) is 22.6. The first kappa shape index (κ1) is 38.6. The molecule has 1 aromatic heterocycles. The summed E-state index contributed by atoms with van der Waals surface area (Å²) in [6.45, 7) is 14.8. The largest absolute Gasteiger partial charge is 0.512 e. The first-order valence-electron chi connectivity index (χ1n) is 17.1. The van der Waals surface area contributed by atoms with E-state index in [4.69, 9.17) is 4.98 Å². The molecule has 4 aromatic carbocycles. The molecule has 0 aliphatic heterocycles. The predicted octanol–water partition coefficient (Wildman–Crippen LogP) is 12.2. The van der Waals surface area contributed by atoms with Crippen LogP contribution in [0.25, 0.3) is 44.3 Å². The van der Waals surface area contributed by atoms with Gasteiger partial charge in [-0.05, 0) is 53.4 Å². The molecule has 3 nitrogen and oxygen atoms in total. The maximum atomic E-state index is 11.7. The Morgan fingerprint density at radius 1 is 0.729 bits per heavy atom. The van der Waals surface area contributed by atoms with Gasteiger partial charge in [-0.3, -0.25) is 9.78 Å². The fourth-order valence-corrected chi connectivity index (χ4v) is 5.98. The van der Waals surface area contributed by atoms with Crippen LogP contribution in [-0.4, -0.2) is 15.9 Å². The van der Waals surface area contributed by atoms with E-state index in [0.717, 1.165) is 47.9 Å². The zero-order valence-corrected chi connectivity index (χ0v) is 31.8. The Labute approximate surface area is 302 Å². The number of aromatic nitrogens is 1. The minimum atomic E-state index is 0. The van der Waals surface area contributed by atoms with Gasteiger partial charge in [-0.1, -0.05) is 144 Å². The number of carbonyl (C=O) groups is 1. The van der Waals surface area contributed by atoms with Crippen LogP contribution in [0, 0.1) is 17.9 Å². The van der Waals surface area contributed by atoms with Crippen LogP contribution in [0.5, 0.6) is 0 Å². The molecule has 0 saturated carbocycles. The molecule has 5 rings (SSSR count). The number of benzene rings is 4. The van der Waals surface area contributed by atoms with Gasteiger partial charge in [0.2, 0.25) is 0 Å². The number of rotatable bonds is 10. The summed E-state index contributed by atoms with van der Waals surface area (Å²) in [7, 11) is 0. The number of ketones is 1. The molecule has 0 fully saturated rings. The Morgan fingerprint density at radius 2 is 1.25 bits per heavy atom. The van der Waals surface area contributed by atoms with Crippen LogP contribution in [-0.2, 0) is 31.3 Å². The number of aliphatic hydroxyl groups excluding tert-OH is 1. The average molecular weight is 820 g/mol. The number of carbonyl (C=O) groups excluding carboxylic acids is 1. The van der Waals surface area contributed by atoms with E-state index < -0.39 is 0 Å². The van der Waals surface area contributed by atoms with E-state index in [9.17, 15) is 9.90 Å². The van der Waals surface area contributed by atoms with E-state index >= 15 is 0 Å². The third-order valence-electron chi connectivity index (χ3n) is 9.03. The normalized spacial score (nSPS) is 11.6. The molecule has 4 heteroatoms. The van der Waals surface area contributed by atoms with Crippen LogP contribution in [0.3, 0.4) is 0 Å². The summed E-state index contributed by atoms with van der Waals surface area (Å²) in [6.07, 6.45) is 6.87. The molecule has 0 atom stereocenters. The molecule has 1 N–H and O–H groups in total. The standard InChI is InChI=1S/C31H26N.C13H24O2.Pt/c1-31(2,3)29-20-27(19-25-11-7-8-12-28(25)29)30-18-17-26(21-32-30)24-15-13-23(14-16-24)22-9-5-4-6-10-22;1-5-10(6-2)12(14)9-13(15)11(7-3)8-4;/h4-18,20-21H,1-3H3;9-11,14H,5-8H2,1-4H3;/q-1;;/b;12-9-;. The van der Waals surface area contributed by atoms with Crippen molar-refractivity contribution in [3.05, 3.63) is 127 Å². The quantitative estimate of drug-likeness (QED) is 0.0867. The van der Waals surface area contributed by atoms with Crippen LogP contribution >= 0.6 is 0 Å². The SMILES string of the molecule is CC(C)(C)c1cc(-c2ccc(-c3ccc(-c4ccccc4)cc3)cn2)[c-]c2ccccc12.CCC(CC)C(=O)/C=C(\O)C(CC)CC.[Pt]. The number of aliphatic hydroxyl groups is 1. The van der Waals surface area contributed by atoms with Gasteiger partial charge in [0.25, 0.3) is 0 Å². The molecule has 5 aromatic rings. The van der Waals surface area contributed by atoms with Crippen molar-refractivity contribution in [1.82, 2.24) is 4.98 Å². The zero-order valence-electron chi connectivity index (χ0n) is 29.5. The minimum Gasteiger partial charge on any atom is -0.512 e. The number of nitrogens with zero attached hydrogens (tertiary/aromatic N) is 1. The molecule has 0 bridgehead atoms. The summed E-state index contributed by atoms with van der Waals surface area (Å²) >= 11 is 0. The zero-order chi connectivity index (χ0) is 34.0. The summed E-state index contributed by atoms with van der Waals surface area (Å²) in [5, 5.41) is 12.2. The van der Waals surface area contributed by atoms with Crippen LogP contribution in [0.1, 0.15) is 79.7 Å². The van der Waals surface area contributed by atoms with Crippen molar-refractivity contribution >= 4 is 16.6 Å². The molecule has 48 heavy (non-hydrogen) atoms. The number of pyridine rings is 1. The third-order valence-corrected chi connectivity index (χ3v) is 9.03. The molecule has 254 valence electrons. The van der Waals surface area contributed by atoms with Crippen molar-refractivity contribution in [1.29, 1.82) is 0 Å². The second-order valence-electron chi connectivity index (χ2n) is 13.3. The van der Waals surface area contributed by atoms with Gasteiger partial charge in [-0.25, -0.2) is 0 Å². The average Bonchev–Trinajstić information content (AvgIpc) is 3.09. The molecule has 1 heterocycles. The fraction of sp³-hybridized carbons (Fsp3) is 0.318. The Balaban J connectivity index is 0.000000334. The topological polar surface area (TPSA) is 50.2 Å². The van der Waals surface area contributed by atoms with Gasteiger partial charge in [0.15, 0.2) is 5.78 Å². The third kappa shape index (κ3) is 9.86. The van der Waals surface area contributed by atoms with E-state index in [1.54, 1.807) is 0 Å². The van der Waals surface area contributed by atoms with E-state index in [1.807, 2.05) is 40.0 Å². The van der Waals surface area contributed by atoms with Gasteiger partial charge in [0.1, 0.15) is 0 Å². The Morgan fingerprint density at radius 3 is 1.79 bits per heavy atom. The van der Waals surface area contributed by atoms with E-state index in [-0.39, 0.29) is 49.9 Å². The summed E-state index contributed by atoms with van der Waals surface area (Å²) in [4.78, 5) is 16.5. The first-order valence-corrected chi connectivity index (χ1v) is 17.1. The predicted molar refractivity (Wildman–Crippen MR) is 199 cm³/mol. The van der Waals surface area contributed by atoms with Crippen LogP contribution in [0.15, 0.2) is 115 Å². The minimum absolute atomic E-state index is 0. The van der Waals surface area contributed by atoms with Crippen molar-refractivity contribution in [2.45, 2.75) is 79.6 Å². The molecule has 0 radical (unpaired) electrons. The van der Waals surface area contributed by atoms with Crippen LogP contribution in [0.4, 0.5) is 0 Å². The summed E-state index contributed by atoms with van der Waals surface area (Å²) in [6, 6.07) is 37.7. The van der Waals surface area contributed by atoms with Crippen LogP contribution in [0.2, 0.25) is 0 Å². The van der Waals surface area contributed by atoms with Gasteiger partial charge in [0.05, 0.1) is 5.76 Å². The van der Waals surface area contributed by atoms with Crippen molar-refractivity contribution in [3.63, 3.8) is 0 Å². The Bertz CT molecular complexity index is 1760. The molecule has 0 amide bonds. The molecule has 0 unspecified atom stereocenters. The fourth-order valence-electron chi connectivity index (χ4n) is 5.98. The second-order valence-corrected chi connectivity index (χ2v) is 13.3. The van der Waals surface area contributed by atoms with Gasteiger partial charge in [-0.15, -0.1) is 29.1 Å². The molecular weight excluding hydrogens is 770 g/mol. The number of allylic oxidation sites excluding steroid dienone is 2. The molecule has 0 saturated heterocycles. The Kier molecular flexibility index (Phi) is 14.6. The molecule has 0 spiro atoms. The van der Waals surface area contributed by atoms with Crippen molar-refractivity contribution < 1.29 is 31.0 Å². The van der Waals surface area contributed by atoms with E-state index in [1.165, 1.54) is 33.7 Å². The van der Waals surface area contributed by atoms with E-state index in [0.29, 0.717) is 0 Å². The van der Waals surface area contributed by atoms with Crippen molar-refractivity contribution in [3.8, 4) is 33.5 Å². The smallest absolute Gasteiger partial charge is 0.162 e. The van der Waals surface area contributed by atoms with Gasteiger partial charge >= 0.3 is 0 Å². The summed E-state index contributed by atoms with van der Waals surface area (Å²) < 4.78 is 0. The van der Waals surface area contributed by atoms with Gasteiger partial charge < -0.3 is 5.11 Å². The number of hydrogen-bond acceptors (Lipinski definition) is 3. The monoisotopic (exact) mass is 819 g/mol. The van der Waals surface area contributed by atoms with Gasteiger partial charge in [-0.2, -0.15) is 0 Å². The van der Waals surface area contributed by atoms with Crippen LogP contribution < -0.4 is 0 Å². The second kappa shape index (κ2) is 18.1. The molecule has 0 aliphatic rings. The summed E-state index contributed by atoms with van der Waals surface area (Å²) in [5.74, 6) is 0.547. The Hall–Kier alpha value is -3.81. The maximum Gasteiger partial charge on any atom is 0.162 e. The van der Waals surface area contributed by atoms with Crippen molar-refractivity contribution in [2.24, 2.45) is 11.8 Å². The number of fused-ring (bicyclic) bond motifs is 1. The maximum absolute atomic E-state index is 11.7. The van der Waals surface area contributed by atoms with Crippen molar-refractivity contribution in [2.75, 3.05) is 0 Å². The molecule has 0 aliphatic carbocycles. The number of hydrogen-bond donors (Lipinski definition) is 1. The van der Waals surface area contributed by atoms with E-state index in [2.05, 4.69) is 118 Å². The molecular formula is C44H50NO2Pt-.